The summed E-state index contributed by atoms with van der Waals surface area (Å²) in [4.78, 5) is 11.4. The Balaban J connectivity index is 2.96. The zero-order chi connectivity index (χ0) is 14.0. The molecule has 0 fully saturated rings. The van der Waals surface area contributed by atoms with Crippen molar-refractivity contribution in [2.45, 2.75) is 11.5 Å². The number of hydrogen-bond donors (Lipinski definition) is 1. The van der Waals surface area contributed by atoms with Gasteiger partial charge in [0.2, 0.25) is 4.58 Å². The molecule has 0 saturated carbocycles. The third-order valence-electron chi connectivity index (χ3n) is 2.03. The molecule has 0 saturated heterocycles. The minimum atomic E-state index is -4.85. The third-order valence-corrected chi connectivity index (χ3v) is 5.50. The number of hydrogen-bond acceptors (Lipinski definition) is 6. The van der Waals surface area contributed by atoms with E-state index in [4.69, 9.17) is 4.55 Å². The molecule has 100 valence electrons. The van der Waals surface area contributed by atoms with Crippen LogP contribution in [-0.4, -0.2) is 31.9 Å². The van der Waals surface area contributed by atoms with Crippen LogP contribution in [0.1, 0.15) is 17.3 Å². The van der Waals surface area contributed by atoms with Gasteiger partial charge in [-0.05, 0) is 19.1 Å². The van der Waals surface area contributed by atoms with Gasteiger partial charge in [-0.3, -0.25) is 4.55 Å². The highest BCUT2D eigenvalue weighted by Crippen LogP contribution is 2.12. The van der Waals surface area contributed by atoms with E-state index >= 15 is 0 Å². The van der Waals surface area contributed by atoms with Crippen LogP contribution < -0.4 is 0 Å². The van der Waals surface area contributed by atoms with Crippen LogP contribution in [0.15, 0.2) is 30.3 Å². The van der Waals surface area contributed by atoms with Crippen LogP contribution in [-0.2, 0) is 24.4 Å². The Morgan fingerprint density at radius 2 is 1.67 bits per heavy atom. The minimum absolute atomic E-state index is 0.0522. The summed E-state index contributed by atoms with van der Waals surface area (Å²) in [7, 11) is -9.61. The van der Waals surface area contributed by atoms with Crippen LogP contribution in [0.2, 0.25) is 0 Å². The summed E-state index contributed by atoms with van der Waals surface area (Å²) in [5.41, 5.74) is -0.0522. The van der Waals surface area contributed by atoms with Crippen molar-refractivity contribution in [3.05, 3.63) is 35.9 Å². The van der Waals surface area contributed by atoms with E-state index in [9.17, 15) is 21.6 Å². The highest BCUT2D eigenvalue weighted by atomic mass is 32.3. The molecule has 1 unspecified atom stereocenters. The first kappa shape index (κ1) is 14.6. The fourth-order valence-electron chi connectivity index (χ4n) is 0.945. The molecule has 0 aliphatic carbocycles. The van der Waals surface area contributed by atoms with Crippen molar-refractivity contribution in [3.8, 4) is 0 Å². The molecule has 0 bridgehead atoms. The zero-order valence-corrected chi connectivity index (χ0v) is 10.8. The summed E-state index contributed by atoms with van der Waals surface area (Å²) >= 11 is 0. The third kappa shape index (κ3) is 3.52. The molecule has 1 atom stereocenters. The van der Waals surface area contributed by atoms with Gasteiger partial charge >= 0.3 is 16.1 Å². The van der Waals surface area contributed by atoms with Gasteiger partial charge in [-0.15, -0.1) is 0 Å². The molecule has 0 radical (unpaired) electrons. The highest BCUT2D eigenvalue weighted by Gasteiger charge is 2.35. The fraction of sp³-hybridized carbons (Fsp3) is 0.222. The van der Waals surface area contributed by atoms with Crippen LogP contribution >= 0.6 is 0 Å². The SMILES string of the molecule is CC(S(=O)(=O)O)S(=O)(=O)OC(=O)c1ccccc1. The summed E-state index contributed by atoms with van der Waals surface area (Å²) in [5, 5.41) is 0. The maximum Gasteiger partial charge on any atom is 0.353 e. The average Bonchev–Trinajstić information content (AvgIpc) is 2.27. The Morgan fingerprint density at radius 3 is 2.11 bits per heavy atom. The first-order valence-electron chi connectivity index (χ1n) is 4.63. The number of carbonyl (C=O) groups is 1. The Bertz CT molecular complexity index is 631. The quantitative estimate of drug-likeness (QED) is 0.631. The molecule has 0 amide bonds. The van der Waals surface area contributed by atoms with E-state index in [2.05, 4.69) is 4.18 Å². The smallest absolute Gasteiger partial charge is 0.340 e. The van der Waals surface area contributed by atoms with Crippen molar-refractivity contribution in [1.29, 1.82) is 0 Å². The van der Waals surface area contributed by atoms with E-state index in [1.165, 1.54) is 24.3 Å². The molecule has 1 N–H and O–H groups in total. The van der Waals surface area contributed by atoms with Crippen molar-refractivity contribution in [2.24, 2.45) is 0 Å². The van der Waals surface area contributed by atoms with E-state index in [0.717, 1.165) is 0 Å². The maximum atomic E-state index is 11.4. The fourth-order valence-corrected chi connectivity index (χ4v) is 2.70. The Hall–Kier alpha value is -1.45. The lowest BCUT2D eigenvalue weighted by molar-refractivity contribution is 0.0746. The molecule has 1 aromatic rings. The van der Waals surface area contributed by atoms with Crippen LogP contribution in [0.3, 0.4) is 0 Å². The molecule has 0 heterocycles. The minimum Gasteiger partial charge on any atom is -0.340 e. The molecule has 7 nitrogen and oxygen atoms in total. The molecule has 0 aromatic heterocycles. The van der Waals surface area contributed by atoms with Crippen molar-refractivity contribution in [2.75, 3.05) is 0 Å². The topological polar surface area (TPSA) is 115 Å². The molecule has 9 heteroatoms. The van der Waals surface area contributed by atoms with Gasteiger partial charge in [-0.25, -0.2) is 4.79 Å². The van der Waals surface area contributed by atoms with Gasteiger partial charge in [0.05, 0.1) is 5.56 Å². The number of carbonyl (C=O) groups excluding carboxylic acids is 1. The van der Waals surface area contributed by atoms with Crippen LogP contribution in [0, 0.1) is 0 Å². The maximum absolute atomic E-state index is 11.4. The van der Waals surface area contributed by atoms with Gasteiger partial charge in [-0.2, -0.15) is 16.8 Å². The summed E-state index contributed by atoms with van der Waals surface area (Å²) in [6, 6.07) is 7.17. The van der Waals surface area contributed by atoms with E-state index in [0.29, 0.717) is 6.92 Å². The lowest BCUT2D eigenvalue weighted by Crippen LogP contribution is -2.30. The van der Waals surface area contributed by atoms with E-state index in [-0.39, 0.29) is 5.56 Å². The first-order chi connectivity index (χ1) is 8.14. The van der Waals surface area contributed by atoms with Crippen LogP contribution in [0.25, 0.3) is 0 Å². The zero-order valence-electron chi connectivity index (χ0n) is 9.18. The van der Waals surface area contributed by atoms with Gasteiger partial charge in [-0.1, -0.05) is 18.2 Å². The second-order valence-electron chi connectivity index (χ2n) is 3.31. The molecule has 1 aromatic carbocycles. The summed E-state index contributed by atoms with van der Waals surface area (Å²) in [6.07, 6.45) is 0. The second-order valence-corrected chi connectivity index (χ2v) is 7.21. The number of rotatable bonds is 4. The van der Waals surface area contributed by atoms with E-state index < -0.39 is 30.8 Å². The lowest BCUT2D eigenvalue weighted by atomic mass is 10.2. The van der Waals surface area contributed by atoms with Crippen LogP contribution in [0.4, 0.5) is 0 Å². The highest BCUT2D eigenvalue weighted by molar-refractivity contribution is 8.04. The van der Waals surface area contributed by atoms with Crippen LogP contribution in [0.5, 0.6) is 0 Å². The Morgan fingerprint density at radius 1 is 1.17 bits per heavy atom. The predicted octanol–water partition coefficient (Wildman–Crippen LogP) is 0.407. The van der Waals surface area contributed by atoms with E-state index in [1.54, 1.807) is 6.07 Å². The number of benzene rings is 1. The molecular weight excluding hydrogens is 284 g/mol. The molecular formula is C9H10O7S2. The van der Waals surface area contributed by atoms with Gasteiger partial charge in [0.25, 0.3) is 10.1 Å². The van der Waals surface area contributed by atoms with Gasteiger partial charge in [0.1, 0.15) is 0 Å². The molecule has 0 aliphatic rings. The van der Waals surface area contributed by atoms with Crippen molar-refractivity contribution in [1.82, 2.24) is 0 Å². The Kier molecular flexibility index (Phi) is 4.09. The predicted molar refractivity (Wildman–Crippen MR) is 61.8 cm³/mol. The van der Waals surface area contributed by atoms with Crippen molar-refractivity contribution < 1.29 is 30.4 Å². The van der Waals surface area contributed by atoms with Gasteiger partial charge in [0.15, 0.2) is 0 Å². The first-order valence-corrected chi connectivity index (χ1v) is 7.61. The largest absolute Gasteiger partial charge is 0.353 e. The normalized spacial score (nSPS) is 13.9. The standard InChI is InChI=1S/C9H10O7S2/c1-7(17(11,12)13)18(14,15)16-9(10)8-5-3-2-4-6-8/h2-7H,1H3,(H,11,12,13). The van der Waals surface area contributed by atoms with Crippen molar-refractivity contribution in [3.63, 3.8) is 0 Å². The van der Waals surface area contributed by atoms with E-state index in [1.807, 2.05) is 0 Å². The Labute approximate surface area is 104 Å². The monoisotopic (exact) mass is 294 g/mol. The summed E-state index contributed by atoms with van der Waals surface area (Å²) < 4.78 is 54.6. The molecule has 0 aliphatic heterocycles. The van der Waals surface area contributed by atoms with Gasteiger partial charge < -0.3 is 4.18 Å². The lowest BCUT2D eigenvalue weighted by Gasteiger charge is -2.09. The summed E-state index contributed by atoms with van der Waals surface area (Å²) in [5.74, 6) is -1.22. The van der Waals surface area contributed by atoms with Crippen molar-refractivity contribution >= 4 is 26.2 Å². The summed E-state index contributed by atoms with van der Waals surface area (Å²) in [6.45, 7) is 0.697. The van der Waals surface area contributed by atoms with Gasteiger partial charge in [0, 0.05) is 0 Å². The molecule has 0 spiro atoms. The average molecular weight is 294 g/mol. The molecule has 18 heavy (non-hydrogen) atoms. The molecule has 1 rings (SSSR count). The second kappa shape index (κ2) is 5.04.